The fraction of sp³-hybridized carbons (Fsp3) is 0.500. The standard InChI is InChI=1S/C10H13N3O3/c1-7-11-3-2-9(12-7)13-4-5-16-8(6-13)10(14)15/h2-3,8H,4-6H2,1H3,(H,14,15). The van der Waals surface area contributed by atoms with Crippen molar-refractivity contribution < 1.29 is 14.6 Å². The quantitative estimate of drug-likeness (QED) is 0.765. The van der Waals surface area contributed by atoms with Gasteiger partial charge in [0.15, 0.2) is 6.10 Å². The minimum absolute atomic E-state index is 0.325. The average molecular weight is 223 g/mol. The Kier molecular flexibility index (Phi) is 3.00. The van der Waals surface area contributed by atoms with Gasteiger partial charge in [-0.15, -0.1) is 0 Å². The molecule has 0 spiro atoms. The highest BCUT2D eigenvalue weighted by molar-refractivity contribution is 5.73. The molecular weight excluding hydrogens is 210 g/mol. The summed E-state index contributed by atoms with van der Waals surface area (Å²) in [6, 6.07) is 1.78. The van der Waals surface area contributed by atoms with Gasteiger partial charge >= 0.3 is 5.97 Å². The van der Waals surface area contributed by atoms with Crippen LogP contribution in [0.3, 0.4) is 0 Å². The van der Waals surface area contributed by atoms with Gasteiger partial charge in [-0.2, -0.15) is 0 Å². The average Bonchev–Trinajstić information content (AvgIpc) is 2.29. The van der Waals surface area contributed by atoms with Crippen LogP contribution in [-0.2, 0) is 9.53 Å². The summed E-state index contributed by atoms with van der Waals surface area (Å²) in [4.78, 5) is 21.0. The number of carboxylic acids is 1. The van der Waals surface area contributed by atoms with Crippen molar-refractivity contribution in [3.63, 3.8) is 0 Å². The highest BCUT2D eigenvalue weighted by Crippen LogP contribution is 2.14. The molecule has 0 bridgehead atoms. The first-order valence-electron chi connectivity index (χ1n) is 5.06. The smallest absolute Gasteiger partial charge is 0.334 e. The second kappa shape index (κ2) is 4.44. The summed E-state index contributed by atoms with van der Waals surface area (Å²) in [6.45, 7) is 3.19. The van der Waals surface area contributed by atoms with Gasteiger partial charge in [-0.1, -0.05) is 0 Å². The summed E-state index contributed by atoms with van der Waals surface area (Å²) in [5, 5.41) is 8.87. The van der Waals surface area contributed by atoms with Crippen LogP contribution in [0.2, 0.25) is 0 Å². The van der Waals surface area contributed by atoms with Crippen LogP contribution in [0.1, 0.15) is 5.82 Å². The lowest BCUT2D eigenvalue weighted by Gasteiger charge is -2.31. The van der Waals surface area contributed by atoms with Crippen molar-refractivity contribution in [2.45, 2.75) is 13.0 Å². The molecule has 1 N–H and O–H groups in total. The van der Waals surface area contributed by atoms with Crippen LogP contribution < -0.4 is 4.90 Å². The van der Waals surface area contributed by atoms with Crippen molar-refractivity contribution in [1.82, 2.24) is 9.97 Å². The number of carbonyl (C=O) groups is 1. The molecule has 2 heterocycles. The van der Waals surface area contributed by atoms with Crippen LogP contribution in [0.4, 0.5) is 5.82 Å². The number of aromatic nitrogens is 2. The number of morpholine rings is 1. The number of aliphatic carboxylic acids is 1. The highest BCUT2D eigenvalue weighted by Gasteiger charge is 2.26. The molecule has 6 heteroatoms. The van der Waals surface area contributed by atoms with E-state index in [0.29, 0.717) is 25.5 Å². The molecule has 1 aromatic rings. The SMILES string of the molecule is Cc1nccc(N2CCOC(C(=O)O)C2)n1. The number of hydrogen-bond donors (Lipinski definition) is 1. The normalized spacial score (nSPS) is 20.8. The van der Waals surface area contributed by atoms with Gasteiger partial charge in [-0.3, -0.25) is 0 Å². The molecule has 0 amide bonds. The van der Waals surface area contributed by atoms with E-state index in [4.69, 9.17) is 9.84 Å². The van der Waals surface area contributed by atoms with Gasteiger partial charge < -0.3 is 14.7 Å². The third kappa shape index (κ3) is 2.27. The molecule has 1 aromatic heterocycles. The summed E-state index contributed by atoms with van der Waals surface area (Å²) >= 11 is 0. The van der Waals surface area contributed by atoms with E-state index in [2.05, 4.69) is 9.97 Å². The monoisotopic (exact) mass is 223 g/mol. The maximum absolute atomic E-state index is 10.8. The zero-order chi connectivity index (χ0) is 11.5. The third-order valence-electron chi connectivity index (χ3n) is 2.43. The van der Waals surface area contributed by atoms with Gasteiger partial charge in [0.2, 0.25) is 0 Å². The van der Waals surface area contributed by atoms with Gasteiger partial charge in [0.25, 0.3) is 0 Å². The highest BCUT2D eigenvalue weighted by atomic mass is 16.5. The Morgan fingerprint density at radius 2 is 2.50 bits per heavy atom. The molecule has 16 heavy (non-hydrogen) atoms. The lowest BCUT2D eigenvalue weighted by atomic mass is 10.2. The molecule has 1 unspecified atom stereocenters. The zero-order valence-electron chi connectivity index (χ0n) is 8.96. The van der Waals surface area contributed by atoms with Gasteiger partial charge in [0.05, 0.1) is 13.2 Å². The minimum atomic E-state index is -0.935. The number of anilines is 1. The summed E-state index contributed by atoms with van der Waals surface area (Å²) in [5.41, 5.74) is 0. The molecule has 1 aliphatic heterocycles. The first kappa shape index (κ1) is 10.8. The van der Waals surface area contributed by atoms with Crippen molar-refractivity contribution in [3.05, 3.63) is 18.1 Å². The number of nitrogens with zero attached hydrogens (tertiary/aromatic N) is 3. The van der Waals surface area contributed by atoms with E-state index in [0.717, 1.165) is 5.82 Å². The van der Waals surface area contributed by atoms with Crippen molar-refractivity contribution in [3.8, 4) is 0 Å². The van der Waals surface area contributed by atoms with Gasteiger partial charge in [-0.25, -0.2) is 14.8 Å². The number of aryl methyl sites for hydroxylation is 1. The van der Waals surface area contributed by atoms with Crippen LogP contribution in [0, 0.1) is 6.92 Å². The molecule has 0 radical (unpaired) electrons. The van der Waals surface area contributed by atoms with Crippen LogP contribution in [0.5, 0.6) is 0 Å². The Hall–Kier alpha value is -1.69. The van der Waals surface area contributed by atoms with Gasteiger partial charge in [-0.05, 0) is 13.0 Å². The fourth-order valence-electron chi connectivity index (χ4n) is 1.63. The lowest BCUT2D eigenvalue weighted by Crippen LogP contribution is -2.46. The van der Waals surface area contributed by atoms with Crippen LogP contribution >= 0.6 is 0 Å². The third-order valence-corrected chi connectivity index (χ3v) is 2.43. The Balaban J connectivity index is 2.12. The van der Waals surface area contributed by atoms with Gasteiger partial charge in [0.1, 0.15) is 11.6 Å². The molecule has 6 nitrogen and oxygen atoms in total. The maximum atomic E-state index is 10.8. The molecule has 0 aliphatic carbocycles. The van der Waals surface area contributed by atoms with E-state index < -0.39 is 12.1 Å². The Morgan fingerprint density at radius 3 is 3.19 bits per heavy atom. The van der Waals surface area contributed by atoms with E-state index in [9.17, 15) is 4.79 Å². The van der Waals surface area contributed by atoms with E-state index in [1.165, 1.54) is 0 Å². The largest absolute Gasteiger partial charge is 0.479 e. The van der Waals surface area contributed by atoms with E-state index >= 15 is 0 Å². The number of ether oxygens (including phenoxy) is 1. The van der Waals surface area contributed by atoms with Crippen LogP contribution in [0.15, 0.2) is 12.3 Å². The summed E-state index contributed by atoms with van der Waals surface area (Å²) in [6.07, 6.45) is 0.895. The molecule has 86 valence electrons. The number of rotatable bonds is 2. The predicted octanol–water partition coefficient (Wildman–Crippen LogP) is 0.0748. The van der Waals surface area contributed by atoms with Gasteiger partial charge in [0, 0.05) is 12.7 Å². The van der Waals surface area contributed by atoms with E-state index in [1.54, 1.807) is 19.2 Å². The van der Waals surface area contributed by atoms with Crippen molar-refractivity contribution in [2.24, 2.45) is 0 Å². The summed E-state index contributed by atoms with van der Waals surface area (Å²) in [5.74, 6) is 0.494. The van der Waals surface area contributed by atoms with Crippen LogP contribution in [-0.4, -0.2) is 46.8 Å². The van der Waals surface area contributed by atoms with Crippen molar-refractivity contribution >= 4 is 11.8 Å². The minimum Gasteiger partial charge on any atom is -0.479 e. The Labute approximate surface area is 92.9 Å². The Bertz CT molecular complexity index is 397. The van der Waals surface area contributed by atoms with E-state index in [1.807, 2.05) is 4.90 Å². The molecule has 1 fully saturated rings. The molecular formula is C10H13N3O3. The second-order valence-electron chi connectivity index (χ2n) is 3.61. The topological polar surface area (TPSA) is 75.6 Å². The van der Waals surface area contributed by atoms with Crippen molar-refractivity contribution in [1.29, 1.82) is 0 Å². The predicted molar refractivity (Wildman–Crippen MR) is 56.4 cm³/mol. The Morgan fingerprint density at radius 1 is 1.69 bits per heavy atom. The molecule has 1 atom stereocenters. The maximum Gasteiger partial charge on any atom is 0.334 e. The molecule has 2 rings (SSSR count). The number of carboxylic acid groups (broad SMARTS) is 1. The first-order valence-corrected chi connectivity index (χ1v) is 5.06. The lowest BCUT2D eigenvalue weighted by molar-refractivity contribution is -0.150. The zero-order valence-corrected chi connectivity index (χ0v) is 8.96. The fourth-order valence-corrected chi connectivity index (χ4v) is 1.63. The first-order chi connectivity index (χ1) is 7.66. The van der Waals surface area contributed by atoms with E-state index in [-0.39, 0.29) is 0 Å². The van der Waals surface area contributed by atoms with Crippen molar-refractivity contribution in [2.75, 3.05) is 24.6 Å². The second-order valence-corrected chi connectivity index (χ2v) is 3.61. The summed E-state index contributed by atoms with van der Waals surface area (Å²) < 4.78 is 5.14. The number of hydrogen-bond acceptors (Lipinski definition) is 5. The molecule has 0 saturated carbocycles. The molecule has 1 saturated heterocycles. The molecule has 0 aromatic carbocycles. The summed E-state index contributed by atoms with van der Waals surface area (Å²) in [7, 11) is 0. The molecule has 1 aliphatic rings. The van der Waals surface area contributed by atoms with Crippen LogP contribution in [0.25, 0.3) is 0 Å².